The number of benzene rings is 1. The van der Waals surface area contributed by atoms with Crippen LogP contribution in [0.25, 0.3) is 11.5 Å². The monoisotopic (exact) mass is 345 g/mol. The van der Waals surface area contributed by atoms with Gasteiger partial charge >= 0.3 is 17.6 Å². The number of carbonyl (C=O) groups is 2. The number of aromatic nitrogens is 2. The van der Waals surface area contributed by atoms with Crippen molar-refractivity contribution in [3.05, 3.63) is 47.8 Å². The van der Waals surface area contributed by atoms with Crippen molar-refractivity contribution in [1.29, 1.82) is 0 Å². The summed E-state index contributed by atoms with van der Waals surface area (Å²) in [7, 11) is 1.60. The van der Waals surface area contributed by atoms with Crippen LogP contribution in [0.1, 0.15) is 20.3 Å². The molecule has 0 radical (unpaired) electrons. The van der Waals surface area contributed by atoms with E-state index in [-0.39, 0.29) is 11.8 Å². The van der Waals surface area contributed by atoms with Crippen molar-refractivity contribution >= 4 is 11.9 Å². The summed E-state index contributed by atoms with van der Waals surface area (Å²) < 4.78 is 11.9. The van der Waals surface area contributed by atoms with Crippen LogP contribution in [0, 0.1) is 0 Å². The summed E-state index contributed by atoms with van der Waals surface area (Å²) in [5.74, 6) is -2.05. The average molecular weight is 345 g/mol. The third-order valence-corrected chi connectivity index (χ3v) is 3.36. The van der Waals surface area contributed by atoms with Gasteiger partial charge in [-0.15, -0.1) is 5.10 Å². The quantitative estimate of drug-likeness (QED) is 0.371. The van der Waals surface area contributed by atoms with Crippen LogP contribution in [0.2, 0.25) is 0 Å². The van der Waals surface area contributed by atoms with Gasteiger partial charge in [-0.25, -0.2) is 19.3 Å². The van der Waals surface area contributed by atoms with E-state index in [1.807, 2.05) is 37.3 Å². The minimum absolute atomic E-state index is 0.0499. The molecular weight excluding hydrogens is 326 g/mol. The lowest BCUT2D eigenvalue weighted by Gasteiger charge is -2.10. The third kappa shape index (κ3) is 4.66. The number of carbonyl (C=O) groups excluding carboxylic acids is 1. The van der Waals surface area contributed by atoms with E-state index in [1.165, 1.54) is 4.68 Å². The fourth-order valence-corrected chi connectivity index (χ4v) is 1.80. The highest BCUT2D eigenvalue weighted by Gasteiger charge is 2.21. The maximum absolute atomic E-state index is 11.9. The minimum atomic E-state index is -1.43. The van der Waals surface area contributed by atoms with Crippen molar-refractivity contribution in [2.75, 3.05) is 0 Å². The van der Waals surface area contributed by atoms with Crippen LogP contribution >= 0.6 is 0 Å². The van der Waals surface area contributed by atoms with Gasteiger partial charge in [0.05, 0.1) is 12.3 Å². The maximum Gasteiger partial charge on any atom is 0.347 e. The van der Waals surface area contributed by atoms with Crippen LogP contribution in [0.3, 0.4) is 0 Å². The Morgan fingerprint density at radius 1 is 1.40 bits per heavy atom. The molecule has 2 aromatic rings. The van der Waals surface area contributed by atoms with Crippen molar-refractivity contribution < 1.29 is 23.8 Å². The topological polar surface area (TPSA) is 107 Å². The number of aryl methyl sites for hydroxylation is 1. The van der Waals surface area contributed by atoms with E-state index in [0.717, 1.165) is 11.8 Å². The summed E-state index contributed by atoms with van der Waals surface area (Å²) in [5.41, 5.74) is 0.213. The van der Waals surface area contributed by atoms with Gasteiger partial charge in [0.2, 0.25) is 5.89 Å². The van der Waals surface area contributed by atoms with Gasteiger partial charge in [0, 0.05) is 12.6 Å². The molecule has 1 N–H and O–H groups in total. The Morgan fingerprint density at radius 2 is 2.08 bits per heavy atom. The number of ether oxygens (including phenoxy) is 1. The number of carboxylic acids is 1. The van der Waals surface area contributed by atoms with Crippen molar-refractivity contribution in [2.24, 2.45) is 12.0 Å². The molecule has 0 saturated carbocycles. The predicted octanol–water partition coefficient (Wildman–Crippen LogP) is 1.89. The Bertz CT molecular complexity index is 849. The number of aliphatic carboxylic acids is 1. The molecule has 132 valence electrons. The Balaban J connectivity index is 2.34. The van der Waals surface area contributed by atoms with Crippen LogP contribution in [-0.2, 0) is 21.4 Å². The first kappa shape index (κ1) is 18.2. The number of esters is 1. The fourth-order valence-electron chi connectivity index (χ4n) is 1.80. The maximum atomic E-state index is 11.9. The van der Waals surface area contributed by atoms with E-state index in [1.54, 1.807) is 14.0 Å². The van der Waals surface area contributed by atoms with Gasteiger partial charge in [0.15, 0.2) is 5.57 Å². The van der Waals surface area contributed by atoms with E-state index in [0.29, 0.717) is 12.3 Å². The van der Waals surface area contributed by atoms with Crippen LogP contribution in [-0.4, -0.2) is 32.9 Å². The Kier molecular flexibility index (Phi) is 5.89. The molecule has 0 fully saturated rings. The van der Waals surface area contributed by atoms with Gasteiger partial charge in [0.1, 0.15) is 0 Å². The lowest BCUT2D eigenvalue weighted by atomic mass is 10.2. The number of hydrogen-bond donors (Lipinski definition) is 1. The normalized spacial score (nSPS) is 13.6. The summed E-state index contributed by atoms with van der Waals surface area (Å²) in [5, 5.41) is 13.4. The molecule has 0 bridgehead atoms. The molecule has 0 spiro atoms. The molecule has 0 aliphatic heterocycles. The largest absolute Gasteiger partial charge is 0.477 e. The van der Waals surface area contributed by atoms with E-state index < -0.39 is 17.5 Å². The van der Waals surface area contributed by atoms with E-state index in [9.17, 15) is 14.7 Å². The van der Waals surface area contributed by atoms with Gasteiger partial charge in [-0.05, 0) is 25.5 Å². The Labute approximate surface area is 144 Å². The molecule has 1 aromatic carbocycles. The van der Waals surface area contributed by atoms with E-state index in [4.69, 9.17) is 9.15 Å². The summed E-state index contributed by atoms with van der Waals surface area (Å²) in [6.07, 6.45) is 1.09. The van der Waals surface area contributed by atoms with Gasteiger partial charge in [0.25, 0.3) is 0 Å². The Morgan fingerprint density at radius 3 is 2.68 bits per heavy atom. The summed E-state index contributed by atoms with van der Waals surface area (Å²) in [6.45, 7) is 3.50. The van der Waals surface area contributed by atoms with Crippen molar-refractivity contribution in [2.45, 2.75) is 26.4 Å². The zero-order valence-electron chi connectivity index (χ0n) is 14.2. The molecular formula is C17H19N3O5. The molecule has 25 heavy (non-hydrogen) atoms. The summed E-state index contributed by atoms with van der Waals surface area (Å²) >= 11 is 0. The van der Waals surface area contributed by atoms with E-state index >= 15 is 0 Å². The molecule has 0 aliphatic rings. The highest BCUT2D eigenvalue weighted by molar-refractivity contribution is 6.13. The molecule has 1 atom stereocenters. The highest BCUT2D eigenvalue weighted by Crippen LogP contribution is 2.13. The number of nitrogens with zero attached hydrogens (tertiary/aromatic N) is 3. The number of hydrogen-bond acceptors (Lipinski definition) is 6. The second kappa shape index (κ2) is 8.09. The molecule has 1 aromatic heterocycles. The van der Waals surface area contributed by atoms with Crippen molar-refractivity contribution in [1.82, 2.24) is 9.78 Å². The standard InChI is InChI=1S/C17H19N3O5/c1-4-11(2)24-16(23)13(15(21)22)10-18-17-20(3)19-14(25-17)12-8-6-5-7-9-12/h5-11H,4H2,1-3H3,(H,21,22). The van der Waals surface area contributed by atoms with Crippen LogP contribution in [0.4, 0.5) is 0 Å². The lowest BCUT2D eigenvalue weighted by Crippen LogP contribution is -2.20. The zero-order chi connectivity index (χ0) is 18.4. The summed E-state index contributed by atoms with van der Waals surface area (Å²) in [4.78, 5) is 27.1. The second-order valence-electron chi connectivity index (χ2n) is 5.28. The predicted molar refractivity (Wildman–Crippen MR) is 88.0 cm³/mol. The lowest BCUT2D eigenvalue weighted by molar-refractivity contribution is -0.147. The molecule has 1 unspecified atom stereocenters. The minimum Gasteiger partial charge on any atom is -0.477 e. The molecule has 8 heteroatoms. The third-order valence-electron chi connectivity index (χ3n) is 3.36. The molecule has 0 saturated heterocycles. The highest BCUT2D eigenvalue weighted by atomic mass is 16.5. The zero-order valence-corrected chi connectivity index (χ0v) is 14.2. The van der Waals surface area contributed by atoms with Crippen molar-refractivity contribution in [3.63, 3.8) is 0 Å². The van der Waals surface area contributed by atoms with Crippen LogP contribution in [0.15, 0.2) is 51.5 Å². The molecule has 8 nitrogen and oxygen atoms in total. The molecule has 0 aliphatic carbocycles. The fraction of sp³-hybridized carbons (Fsp3) is 0.294. The smallest absolute Gasteiger partial charge is 0.347 e. The van der Waals surface area contributed by atoms with Gasteiger partial charge in [-0.1, -0.05) is 25.1 Å². The first-order valence-electron chi connectivity index (χ1n) is 7.70. The molecule has 1 heterocycles. The summed E-state index contributed by atoms with van der Waals surface area (Å²) in [6, 6.07) is 9.17. The number of carboxylic acid groups (broad SMARTS) is 1. The molecule has 0 amide bonds. The second-order valence-corrected chi connectivity index (χ2v) is 5.28. The van der Waals surface area contributed by atoms with Crippen molar-refractivity contribution in [3.8, 4) is 11.5 Å². The van der Waals surface area contributed by atoms with E-state index in [2.05, 4.69) is 10.1 Å². The molecule has 2 rings (SSSR count). The SMILES string of the molecule is CCC(C)OC(=O)C(=CN=c1oc(-c2ccccc2)nn1C)C(=O)O. The average Bonchev–Trinajstić information content (AvgIpc) is 2.96. The Hall–Kier alpha value is -3.16. The first-order valence-corrected chi connectivity index (χ1v) is 7.70. The van der Waals surface area contributed by atoms with Gasteiger partial charge in [-0.2, -0.15) is 0 Å². The van der Waals surface area contributed by atoms with Gasteiger partial charge < -0.3 is 14.3 Å². The van der Waals surface area contributed by atoms with Gasteiger partial charge in [-0.3, -0.25) is 0 Å². The van der Waals surface area contributed by atoms with Crippen LogP contribution < -0.4 is 5.68 Å². The number of rotatable bonds is 6. The first-order chi connectivity index (χ1) is 11.9. The van der Waals surface area contributed by atoms with Crippen LogP contribution in [0.5, 0.6) is 0 Å².